The molecule has 6 atom stereocenters. The van der Waals surface area contributed by atoms with Crippen molar-refractivity contribution in [3.8, 4) is 0 Å². The van der Waals surface area contributed by atoms with E-state index in [0.717, 1.165) is 17.7 Å². The van der Waals surface area contributed by atoms with Gasteiger partial charge in [0.15, 0.2) is 0 Å². The van der Waals surface area contributed by atoms with E-state index in [1.54, 1.807) is 39.5 Å². The monoisotopic (exact) mass is 792 g/mol. The predicted molar refractivity (Wildman–Crippen MR) is 223 cm³/mol. The first-order valence-corrected chi connectivity index (χ1v) is 21.5. The summed E-state index contributed by atoms with van der Waals surface area (Å²) in [5.41, 5.74) is 0.332. The lowest BCUT2D eigenvalue weighted by atomic mass is 9.93. The van der Waals surface area contributed by atoms with E-state index in [2.05, 4.69) is 40.4 Å². The molecule has 0 saturated heterocycles. The highest BCUT2D eigenvalue weighted by Crippen LogP contribution is 2.18. The van der Waals surface area contributed by atoms with E-state index >= 15 is 0 Å². The predicted octanol–water partition coefficient (Wildman–Crippen LogP) is 5.95. The van der Waals surface area contributed by atoms with Crippen molar-refractivity contribution in [2.24, 2.45) is 23.7 Å². The lowest BCUT2D eigenvalue weighted by Gasteiger charge is -2.28. The highest BCUT2D eigenvalue weighted by atomic mass is 32.2. The smallest absolute Gasteiger partial charge is 0.408 e. The van der Waals surface area contributed by atoms with Gasteiger partial charge in [-0.2, -0.15) is 11.8 Å². The van der Waals surface area contributed by atoms with Crippen LogP contribution in [0.15, 0.2) is 36.0 Å². The summed E-state index contributed by atoms with van der Waals surface area (Å²) in [5.74, 6) is -0.853. The third-order valence-corrected chi connectivity index (χ3v) is 9.72. The van der Waals surface area contributed by atoms with E-state index in [-0.39, 0.29) is 47.9 Å². The number of hydrogen-bond donors (Lipinski definition) is 6. The minimum absolute atomic E-state index is 0.0935. The maximum atomic E-state index is 13.8. The fourth-order valence-electron chi connectivity index (χ4n) is 6.17. The molecule has 1 aliphatic rings. The molecular weight excluding hydrogens is 719 g/mol. The minimum Gasteiger partial charge on any atom is -0.444 e. The Morgan fingerprint density at radius 1 is 0.764 bits per heavy atom. The quantitative estimate of drug-likeness (QED) is 0.0651. The minimum atomic E-state index is -0.879. The van der Waals surface area contributed by atoms with Crippen molar-refractivity contribution in [2.45, 2.75) is 156 Å². The van der Waals surface area contributed by atoms with Crippen molar-refractivity contribution in [3.05, 3.63) is 36.0 Å². The first-order chi connectivity index (χ1) is 25.7. The highest BCUT2D eigenvalue weighted by Gasteiger charge is 2.31. The topological polar surface area (TPSA) is 175 Å². The molecule has 0 heterocycles. The molecule has 0 aromatic carbocycles. The zero-order chi connectivity index (χ0) is 41.7. The molecule has 0 aromatic rings. The van der Waals surface area contributed by atoms with Crippen molar-refractivity contribution in [3.63, 3.8) is 0 Å². The highest BCUT2D eigenvalue weighted by molar-refractivity contribution is 7.98. The number of aliphatic hydroxyl groups excluding tert-OH is 1. The molecule has 55 heavy (non-hydrogen) atoms. The zero-order valence-corrected chi connectivity index (χ0v) is 36.3. The number of carbonyl (C=O) groups is 5. The van der Waals surface area contributed by atoms with Crippen molar-refractivity contribution in [1.29, 1.82) is 0 Å². The van der Waals surface area contributed by atoms with Gasteiger partial charge in [0.05, 0.1) is 6.10 Å². The van der Waals surface area contributed by atoms with Gasteiger partial charge in [-0.25, -0.2) is 4.79 Å². The van der Waals surface area contributed by atoms with Crippen LogP contribution in [0, 0.1) is 23.7 Å². The lowest BCUT2D eigenvalue weighted by molar-refractivity contribution is -0.132. The normalized spacial score (nSPS) is 16.3. The first kappa shape index (κ1) is 49.7. The molecule has 0 aliphatic heterocycles. The molecule has 0 radical (unpaired) electrons. The fourth-order valence-corrected chi connectivity index (χ4v) is 6.62. The second-order valence-electron chi connectivity index (χ2n) is 17.0. The standard InChI is InChI=1S/C42H73N5O7S/c1-27(2)23-32(44-38(50)34(19-16-22-55-11)45-39(51)35(24-28(3)4)46-41(53)54-42(8,9)10)20-21-33(48)25-30(7)37(49)47-36(29(5)6)40(52)43-26-31-17-14-12-13-15-18-31/h12-15,17,27-30,32-36,48H,16,18-26H2,1-11H3,(H,43,52)(H,44,50)(H,45,51)(H,46,53)(H,47,49)/t30-,32-,33-,34-,35+,36+/m1/s1. The number of rotatable bonds is 24. The van der Waals surface area contributed by atoms with Crippen LogP contribution in [-0.2, 0) is 23.9 Å². The molecule has 314 valence electrons. The maximum Gasteiger partial charge on any atom is 0.408 e. The van der Waals surface area contributed by atoms with Gasteiger partial charge in [-0.3, -0.25) is 19.2 Å². The van der Waals surface area contributed by atoms with Crippen LogP contribution in [0.3, 0.4) is 0 Å². The molecule has 0 saturated carbocycles. The van der Waals surface area contributed by atoms with Gasteiger partial charge in [0, 0.05) is 18.5 Å². The molecule has 6 N–H and O–H groups in total. The number of aliphatic hydroxyl groups is 1. The Balaban J connectivity index is 2.91. The van der Waals surface area contributed by atoms with Gasteiger partial charge in [0.2, 0.25) is 23.6 Å². The van der Waals surface area contributed by atoms with Crippen molar-refractivity contribution in [1.82, 2.24) is 26.6 Å². The zero-order valence-electron chi connectivity index (χ0n) is 35.5. The van der Waals surface area contributed by atoms with Crippen LogP contribution < -0.4 is 26.6 Å². The van der Waals surface area contributed by atoms with E-state index in [1.165, 1.54) is 0 Å². The number of hydrogen-bond acceptors (Lipinski definition) is 8. The van der Waals surface area contributed by atoms with Gasteiger partial charge in [-0.1, -0.05) is 78.8 Å². The molecule has 0 fully saturated rings. The molecule has 1 rings (SSSR count). The molecule has 0 bridgehead atoms. The Hall–Kier alpha value is -3.32. The number of ether oxygens (including phenoxy) is 1. The van der Waals surface area contributed by atoms with Crippen LogP contribution in [0.2, 0.25) is 0 Å². The second kappa shape index (κ2) is 25.8. The molecule has 0 aromatic heterocycles. The van der Waals surface area contributed by atoms with Crippen LogP contribution in [0.4, 0.5) is 4.79 Å². The third-order valence-electron chi connectivity index (χ3n) is 9.02. The van der Waals surface area contributed by atoms with E-state index in [9.17, 15) is 29.1 Å². The Morgan fingerprint density at radius 2 is 1.42 bits per heavy atom. The van der Waals surface area contributed by atoms with E-state index in [0.29, 0.717) is 45.1 Å². The maximum absolute atomic E-state index is 13.8. The Kier molecular flexibility index (Phi) is 23.3. The summed E-state index contributed by atoms with van der Waals surface area (Å²) in [7, 11) is 0. The summed E-state index contributed by atoms with van der Waals surface area (Å²) < 4.78 is 5.40. The van der Waals surface area contributed by atoms with Gasteiger partial charge >= 0.3 is 6.09 Å². The van der Waals surface area contributed by atoms with Crippen LogP contribution in [-0.4, -0.2) is 89.3 Å². The Morgan fingerprint density at radius 3 is 2.02 bits per heavy atom. The molecule has 5 amide bonds. The number of alkyl carbamates (subject to hydrolysis) is 1. The summed E-state index contributed by atoms with van der Waals surface area (Å²) in [6, 6.07) is -2.69. The average molecular weight is 792 g/mol. The Labute approximate surface area is 335 Å². The molecule has 12 nitrogen and oxygen atoms in total. The van der Waals surface area contributed by atoms with Crippen molar-refractivity contribution in [2.75, 3.05) is 18.6 Å². The number of thioether (sulfide) groups is 1. The van der Waals surface area contributed by atoms with Crippen LogP contribution >= 0.6 is 11.8 Å². The Bertz CT molecular complexity index is 1310. The van der Waals surface area contributed by atoms with Gasteiger partial charge in [0.25, 0.3) is 0 Å². The molecule has 13 heteroatoms. The lowest BCUT2D eigenvalue weighted by Crippen LogP contribution is -2.55. The summed E-state index contributed by atoms with van der Waals surface area (Å²) in [6.07, 6.45) is 14.2. The number of nitrogens with one attached hydrogen (secondary N) is 5. The van der Waals surface area contributed by atoms with Gasteiger partial charge < -0.3 is 36.4 Å². The van der Waals surface area contributed by atoms with Gasteiger partial charge in [-0.05, 0) is 107 Å². The summed E-state index contributed by atoms with van der Waals surface area (Å²) >= 11 is 1.66. The van der Waals surface area contributed by atoms with E-state index in [1.807, 2.05) is 64.3 Å². The second-order valence-corrected chi connectivity index (χ2v) is 18.0. The van der Waals surface area contributed by atoms with Crippen LogP contribution in [0.5, 0.6) is 0 Å². The molecule has 0 unspecified atom stereocenters. The summed E-state index contributed by atoms with van der Waals surface area (Å²) in [4.78, 5) is 66.2. The molecule has 0 spiro atoms. The molecule has 1 aliphatic carbocycles. The first-order valence-electron chi connectivity index (χ1n) is 20.1. The van der Waals surface area contributed by atoms with Crippen LogP contribution in [0.1, 0.15) is 121 Å². The number of amides is 5. The van der Waals surface area contributed by atoms with E-state index < -0.39 is 47.7 Å². The number of allylic oxidation sites excluding steroid dienone is 5. The largest absolute Gasteiger partial charge is 0.444 e. The van der Waals surface area contributed by atoms with Crippen LogP contribution in [0.25, 0.3) is 0 Å². The van der Waals surface area contributed by atoms with E-state index in [4.69, 9.17) is 4.74 Å². The third kappa shape index (κ3) is 22.1. The summed E-state index contributed by atoms with van der Waals surface area (Å²) in [6.45, 7) is 19.2. The van der Waals surface area contributed by atoms with Gasteiger partial charge in [-0.15, -0.1) is 0 Å². The average Bonchev–Trinajstić information content (AvgIpc) is 3.35. The summed E-state index contributed by atoms with van der Waals surface area (Å²) in [5, 5.41) is 25.6. The van der Waals surface area contributed by atoms with Crippen molar-refractivity contribution >= 4 is 41.5 Å². The van der Waals surface area contributed by atoms with Gasteiger partial charge in [0.1, 0.15) is 23.7 Å². The SMILES string of the molecule is CSCCC[C@@H](NC(=O)[C@H](CC(C)C)NC(=O)OC(C)(C)C)C(=O)N[C@H](CC[C@@H](O)C[C@@H](C)C(=O)N[C@H](C(=O)NCC1=CC=CC=CC1)C(C)C)CC(C)C. The molecular formula is C42H73N5O7S. The number of carbonyl (C=O) groups excluding carboxylic acids is 5. The van der Waals surface area contributed by atoms with Crippen molar-refractivity contribution < 1.29 is 33.8 Å². The fraction of sp³-hybridized carbons (Fsp3) is 0.738.